The minimum atomic E-state index is -3.62. The normalized spacial score (nSPS) is 23.3. The molecule has 4 unspecified atom stereocenters. The SMILES string of the molecule is Cn1nnc(C(F)(F)S(=O)C2=NOC(C)(C)C2)c1C1CC1.Cn1nnc(C(F)S(=O)C2=NOC(C)(C)C2)c1C1CC1.Cn1nnc(CS(=O)C2=NOC(C)(C)C2)c1C1CC1. The molecule has 18 nitrogen and oxygen atoms in total. The second-order valence-corrected chi connectivity index (χ2v) is 22.2. The summed E-state index contributed by atoms with van der Waals surface area (Å²) in [6, 6.07) is 0. The molecule has 0 saturated heterocycles. The fourth-order valence-electron chi connectivity index (χ4n) is 6.93. The van der Waals surface area contributed by atoms with Gasteiger partial charge in [0.25, 0.3) is 0 Å². The van der Waals surface area contributed by atoms with E-state index >= 15 is 0 Å². The summed E-state index contributed by atoms with van der Waals surface area (Å²) in [6.45, 7) is 10.9. The highest BCUT2D eigenvalue weighted by molar-refractivity contribution is 8.01. The Kier molecular flexibility index (Phi) is 12.1. The summed E-state index contributed by atoms with van der Waals surface area (Å²) >= 11 is 0. The van der Waals surface area contributed by atoms with Gasteiger partial charge in [0.1, 0.15) is 49.1 Å². The third-order valence-electron chi connectivity index (χ3n) is 10.4. The van der Waals surface area contributed by atoms with Crippen LogP contribution in [0.4, 0.5) is 13.2 Å². The third-order valence-corrected chi connectivity index (χ3v) is 14.3. The largest absolute Gasteiger partial charge is 0.389 e. The minimum Gasteiger partial charge on any atom is -0.389 e. The lowest BCUT2D eigenvalue weighted by Crippen LogP contribution is -2.30. The van der Waals surface area contributed by atoms with Crippen molar-refractivity contribution in [3.8, 4) is 0 Å². The molecular formula is C36H51F3N12O6S3. The topological polar surface area (TPSA) is 208 Å². The molecular weight excluding hydrogens is 850 g/mol. The molecule has 6 heterocycles. The van der Waals surface area contributed by atoms with Gasteiger partial charge in [-0.25, -0.2) is 12.8 Å². The number of halogens is 3. The van der Waals surface area contributed by atoms with E-state index in [1.165, 1.54) is 17.5 Å². The number of nitrogens with zero attached hydrogens (tertiary/aromatic N) is 12. The fraction of sp³-hybridized carbons (Fsp3) is 0.750. The molecule has 60 heavy (non-hydrogen) atoms. The lowest BCUT2D eigenvalue weighted by molar-refractivity contribution is 0.0120. The van der Waals surface area contributed by atoms with Gasteiger partial charge in [0.05, 0.1) is 39.3 Å². The van der Waals surface area contributed by atoms with E-state index in [1.54, 1.807) is 37.3 Å². The number of alkyl halides is 3. The quantitative estimate of drug-likeness (QED) is 0.265. The van der Waals surface area contributed by atoms with Crippen molar-refractivity contribution in [1.29, 1.82) is 0 Å². The van der Waals surface area contributed by atoms with Gasteiger partial charge in [-0.15, -0.1) is 15.3 Å². The summed E-state index contributed by atoms with van der Waals surface area (Å²) in [6.07, 6.45) is 7.10. The highest BCUT2D eigenvalue weighted by atomic mass is 32.2. The zero-order valence-corrected chi connectivity index (χ0v) is 37.5. The number of aryl methyl sites for hydroxylation is 3. The molecule has 24 heteroatoms. The van der Waals surface area contributed by atoms with Crippen molar-refractivity contribution in [3.63, 3.8) is 0 Å². The van der Waals surface area contributed by atoms with E-state index in [2.05, 4.69) is 46.4 Å². The van der Waals surface area contributed by atoms with Crippen LogP contribution in [0.25, 0.3) is 0 Å². The smallest absolute Gasteiger partial charge is 0.372 e. The van der Waals surface area contributed by atoms with Crippen LogP contribution < -0.4 is 0 Å². The van der Waals surface area contributed by atoms with Gasteiger partial charge in [-0.1, -0.05) is 31.1 Å². The predicted octanol–water partition coefficient (Wildman–Crippen LogP) is 5.38. The highest BCUT2D eigenvalue weighted by Crippen LogP contribution is 2.47. The van der Waals surface area contributed by atoms with Gasteiger partial charge in [-0.05, 0) is 80.1 Å². The molecule has 3 aromatic heterocycles. The molecule has 0 aromatic carbocycles. The van der Waals surface area contributed by atoms with Crippen LogP contribution in [0, 0.1) is 0 Å². The lowest BCUT2D eigenvalue weighted by atomic mass is 10.1. The molecule has 3 aliphatic heterocycles. The van der Waals surface area contributed by atoms with Gasteiger partial charge in [0.2, 0.25) is 5.50 Å². The molecule has 0 bridgehead atoms. The molecule has 330 valence electrons. The van der Waals surface area contributed by atoms with Crippen LogP contribution in [0.5, 0.6) is 0 Å². The van der Waals surface area contributed by atoms with Crippen LogP contribution in [-0.2, 0) is 79.1 Å². The Morgan fingerprint density at radius 1 is 0.650 bits per heavy atom. The third kappa shape index (κ3) is 9.74. The highest BCUT2D eigenvalue weighted by Gasteiger charge is 2.51. The van der Waals surface area contributed by atoms with E-state index in [-0.39, 0.29) is 33.7 Å². The van der Waals surface area contributed by atoms with Gasteiger partial charge in [0, 0.05) is 58.2 Å². The first-order valence-electron chi connectivity index (χ1n) is 19.7. The van der Waals surface area contributed by atoms with Gasteiger partial charge >= 0.3 is 5.25 Å². The summed E-state index contributed by atoms with van der Waals surface area (Å²) in [5, 5.41) is 31.5. The first-order valence-corrected chi connectivity index (χ1v) is 23.4. The fourth-order valence-corrected chi connectivity index (χ4v) is 10.6. The maximum atomic E-state index is 14.6. The molecule has 9 rings (SSSR count). The minimum absolute atomic E-state index is 0.0288. The molecule has 3 fully saturated rings. The van der Waals surface area contributed by atoms with Crippen LogP contribution >= 0.6 is 0 Å². The zero-order chi connectivity index (χ0) is 43.5. The summed E-state index contributed by atoms with van der Waals surface area (Å²) in [7, 11) is -0.461. The Morgan fingerprint density at radius 2 is 1.08 bits per heavy atom. The molecule has 3 aromatic rings. The van der Waals surface area contributed by atoms with Gasteiger partial charge in [-0.2, -0.15) is 8.78 Å². The lowest BCUT2D eigenvalue weighted by Gasteiger charge is -2.16. The molecule has 0 radical (unpaired) electrons. The Labute approximate surface area is 352 Å². The Balaban J connectivity index is 0.000000136. The second kappa shape index (κ2) is 16.4. The van der Waals surface area contributed by atoms with E-state index in [0.717, 1.165) is 42.8 Å². The summed E-state index contributed by atoms with van der Waals surface area (Å²) in [5.74, 6) is 1.25. The van der Waals surface area contributed by atoms with Gasteiger partial charge in [0.15, 0.2) is 15.8 Å². The average Bonchev–Trinajstić information content (AvgIpc) is 4.15. The molecule has 0 amide bonds. The van der Waals surface area contributed by atoms with Crippen molar-refractivity contribution in [1.82, 2.24) is 45.0 Å². The monoisotopic (exact) mass is 900 g/mol. The number of rotatable bonds is 9. The first-order chi connectivity index (χ1) is 28.1. The predicted molar refractivity (Wildman–Crippen MR) is 216 cm³/mol. The summed E-state index contributed by atoms with van der Waals surface area (Å²) < 4.78 is 85.2. The van der Waals surface area contributed by atoms with Crippen molar-refractivity contribution in [3.05, 3.63) is 34.2 Å². The van der Waals surface area contributed by atoms with E-state index in [1.807, 2.05) is 34.7 Å². The van der Waals surface area contributed by atoms with Crippen molar-refractivity contribution < 1.29 is 40.3 Å². The average molecular weight is 901 g/mol. The molecule has 3 saturated carbocycles. The van der Waals surface area contributed by atoms with E-state index < -0.39 is 60.1 Å². The Hall–Kier alpha value is -3.93. The molecule has 4 atom stereocenters. The van der Waals surface area contributed by atoms with Crippen LogP contribution in [0.1, 0.15) is 157 Å². The molecule has 0 N–H and O–H groups in total. The number of aromatic nitrogens is 9. The summed E-state index contributed by atoms with van der Waals surface area (Å²) in [5.41, 5.74) is -0.490. The van der Waals surface area contributed by atoms with Crippen molar-refractivity contribution in [2.24, 2.45) is 36.6 Å². The molecule has 3 aliphatic carbocycles. The van der Waals surface area contributed by atoms with Crippen molar-refractivity contribution in [2.75, 3.05) is 0 Å². The zero-order valence-electron chi connectivity index (χ0n) is 35.1. The standard InChI is InChI=1S/C12H16F2N4O2S.C12H17FN4O2S.C12H18N4O2S/c1-11(2)6-8(16-20-11)21(19)12(13,14)10-9(7-4-5-7)18(3)17-15-10;1-12(2)6-8(15-19-12)20(18)11(13)9-10(7-4-5-7)17(3)16-14-9;1-12(2)6-10(14-18-12)19(17)7-9-11(8-4-5-8)16(3)15-13-9/h7H,4-6H2,1-3H3;7,11H,4-6H2,1-3H3;8H,4-7H2,1-3H3. The molecule has 6 aliphatic rings. The van der Waals surface area contributed by atoms with Crippen LogP contribution in [0.2, 0.25) is 0 Å². The maximum Gasteiger partial charge on any atom is 0.372 e. The maximum absolute atomic E-state index is 14.6. The van der Waals surface area contributed by atoms with Gasteiger partial charge in [-0.3, -0.25) is 18.3 Å². The van der Waals surface area contributed by atoms with Crippen LogP contribution in [0.3, 0.4) is 0 Å². The van der Waals surface area contributed by atoms with Crippen molar-refractivity contribution >= 4 is 47.5 Å². The number of hydrogen-bond donors (Lipinski definition) is 0. The number of oxime groups is 3. The Bertz CT molecular complexity index is 2290. The second-order valence-electron chi connectivity index (χ2n) is 17.7. The van der Waals surface area contributed by atoms with Gasteiger partial charge < -0.3 is 14.5 Å². The van der Waals surface area contributed by atoms with E-state index in [9.17, 15) is 25.8 Å². The van der Waals surface area contributed by atoms with Crippen LogP contribution in [0.15, 0.2) is 15.5 Å². The van der Waals surface area contributed by atoms with E-state index in [4.69, 9.17) is 14.5 Å². The van der Waals surface area contributed by atoms with Crippen molar-refractivity contribution in [2.45, 2.75) is 150 Å². The number of hydrogen-bond acceptors (Lipinski definition) is 15. The van der Waals surface area contributed by atoms with Crippen LogP contribution in [-0.4, -0.2) is 89.5 Å². The molecule has 0 spiro atoms. The van der Waals surface area contributed by atoms with E-state index in [0.29, 0.717) is 41.2 Å². The Morgan fingerprint density at radius 3 is 1.60 bits per heavy atom. The first kappa shape index (κ1) is 44.1. The summed E-state index contributed by atoms with van der Waals surface area (Å²) in [4.78, 5) is 15.4.